The maximum atomic E-state index is 5.94. The van der Waals surface area contributed by atoms with Crippen LogP contribution in [-0.2, 0) is 6.42 Å². The van der Waals surface area contributed by atoms with Crippen LogP contribution in [0.15, 0.2) is 36.7 Å². The second-order valence-corrected chi connectivity index (χ2v) is 5.08. The number of rotatable bonds is 4. The zero-order valence-corrected chi connectivity index (χ0v) is 12.0. The van der Waals surface area contributed by atoms with Gasteiger partial charge in [0, 0.05) is 23.3 Å². The van der Waals surface area contributed by atoms with Crippen LogP contribution in [0.1, 0.15) is 30.0 Å². The van der Waals surface area contributed by atoms with Gasteiger partial charge in [0.05, 0.1) is 5.52 Å². The van der Waals surface area contributed by atoms with E-state index in [0.717, 1.165) is 34.9 Å². The molecule has 0 unspecified atom stereocenters. The molecule has 3 aromatic rings. The minimum Gasteiger partial charge on any atom is -0.382 e. The number of hydrogen-bond acceptors (Lipinski definition) is 3. The Morgan fingerprint density at radius 2 is 2.00 bits per heavy atom. The first-order valence-corrected chi connectivity index (χ1v) is 7.12. The van der Waals surface area contributed by atoms with Crippen molar-refractivity contribution in [2.45, 2.75) is 19.8 Å². The molecule has 2 heterocycles. The topological polar surface area (TPSA) is 67.6 Å². The molecule has 0 aliphatic carbocycles. The van der Waals surface area contributed by atoms with E-state index in [-0.39, 0.29) is 0 Å². The Morgan fingerprint density at radius 1 is 1.19 bits per heavy atom. The average molecular weight is 278 g/mol. The molecule has 21 heavy (non-hydrogen) atoms. The molecule has 3 N–H and O–H groups in total. The van der Waals surface area contributed by atoms with Gasteiger partial charge in [-0.2, -0.15) is 5.10 Å². The van der Waals surface area contributed by atoms with E-state index in [2.05, 4.69) is 46.4 Å². The molecule has 1 aromatic carbocycles. The highest BCUT2D eigenvalue weighted by atomic mass is 15.1. The van der Waals surface area contributed by atoms with E-state index in [9.17, 15) is 0 Å². The molecule has 2 aromatic heterocycles. The largest absolute Gasteiger partial charge is 0.382 e. The van der Waals surface area contributed by atoms with Crippen LogP contribution in [0.4, 0.5) is 5.82 Å². The van der Waals surface area contributed by atoms with Gasteiger partial charge in [-0.1, -0.05) is 25.5 Å². The number of aromatic nitrogens is 3. The fraction of sp³-hybridized carbons (Fsp3) is 0.176. The summed E-state index contributed by atoms with van der Waals surface area (Å²) in [7, 11) is 0. The van der Waals surface area contributed by atoms with Crippen LogP contribution in [0.25, 0.3) is 23.1 Å². The molecule has 0 atom stereocenters. The molecule has 0 amide bonds. The third-order valence-electron chi connectivity index (χ3n) is 3.49. The minimum absolute atomic E-state index is 0.557. The SMILES string of the molecule is CCCc1cc(C=Cc2ccncc2)c2[nH]nc(N)c2c1. The monoisotopic (exact) mass is 278 g/mol. The van der Waals surface area contributed by atoms with Crippen LogP contribution in [0.3, 0.4) is 0 Å². The summed E-state index contributed by atoms with van der Waals surface area (Å²) in [6, 6.07) is 8.28. The molecular weight excluding hydrogens is 260 g/mol. The van der Waals surface area contributed by atoms with Crippen LogP contribution in [0.5, 0.6) is 0 Å². The molecule has 0 radical (unpaired) electrons. The van der Waals surface area contributed by atoms with E-state index in [0.29, 0.717) is 5.82 Å². The third-order valence-corrected chi connectivity index (χ3v) is 3.49. The van der Waals surface area contributed by atoms with Crippen molar-refractivity contribution in [1.82, 2.24) is 15.2 Å². The molecule has 0 bridgehead atoms. The summed E-state index contributed by atoms with van der Waals surface area (Å²) in [6.07, 6.45) is 9.89. The number of anilines is 1. The molecule has 4 nitrogen and oxygen atoms in total. The van der Waals surface area contributed by atoms with Crippen molar-refractivity contribution in [3.05, 3.63) is 53.3 Å². The summed E-state index contributed by atoms with van der Waals surface area (Å²) in [6.45, 7) is 2.18. The van der Waals surface area contributed by atoms with Gasteiger partial charge in [-0.05, 0) is 41.8 Å². The molecule has 0 aliphatic rings. The molecule has 106 valence electrons. The number of aromatic amines is 1. The number of nitrogens with one attached hydrogen (secondary N) is 1. The lowest BCUT2D eigenvalue weighted by Crippen LogP contribution is -1.88. The number of H-pyrrole nitrogens is 1. The summed E-state index contributed by atoms with van der Waals surface area (Å²) >= 11 is 0. The smallest absolute Gasteiger partial charge is 0.153 e. The van der Waals surface area contributed by atoms with Crippen LogP contribution >= 0.6 is 0 Å². The Hall–Kier alpha value is -2.62. The average Bonchev–Trinajstić information content (AvgIpc) is 2.88. The number of benzene rings is 1. The first kappa shape index (κ1) is 13.4. The van der Waals surface area contributed by atoms with Gasteiger partial charge in [0.15, 0.2) is 5.82 Å². The molecule has 0 saturated carbocycles. The lowest BCUT2D eigenvalue weighted by Gasteiger charge is -2.03. The quantitative estimate of drug-likeness (QED) is 0.765. The Morgan fingerprint density at radius 3 is 2.76 bits per heavy atom. The molecule has 0 saturated heterocycles. The van der Waals surface area contributed by atoms with E-state index in [1.807, 2.05) is 12.1 Å². The van der Waals surface area contributed by atoms with Gasteiger partial charge in [-0.25, -0.2) is 0 Å². The Bertz CT molecular complexity index is 772. The number of hydrogen-bond donors (Lipinski definition) is 2. The molecular formula is C17H18N4. The Balaban J connectivity index is 2.06. The second kappa shape index (κ2) is 5.79. The van der Waals surface area contributed by atoms with Gasteiger partial charge in [0.1, 0.15) is 0 Å². The van der Waals surface area contributed by atoms with Crippen LogP contribution in [-0.4, -0.2) is 15.2 Å². The van der Waals surface area contributed by atoms with E-state index >= 15 is 0 Å². The fourth-order valence-corrected chi connectivity index (χ4v) is 2.45. The first-order valence-electron chi connectivity index (χ1n) is 7.12. The Labute approximate surface area is 123 Å². The van der Waals surface area contributed by atoms with E-state index < -0.39 is 0 Å². The van der Waals surface area contributed by atoms with Crippen molar-refractivity contribution in [1.29, 1.82) is 0 Å². The number of nitrogen functional groups attached to an aromatic ring is 1. The van der Waals surface area contributed by atoms with Gasteiger partial charge in [-0.15, -0.1) is 0 Å². The van der Waals surface area contributed by atoms with Crippen LogP contribution in [0.2, 0.25) is 0 Å². The normalized spacial score (nSPS) is 11.5. The van der Waals surface area contributed by atoms with Crippen molar-refractivity contribution >= 4 is 28.9 Å². The summed E-state index contributed by atoms with van der Waals surface area (Å²) in [5.74, 6) is 0.557. The Kier molecular flexibility index (Phi) is 3.69. The standard InChI is InChI=1S/C17H18N4/c1-2-3-13-10-14(5-4-12-6-8-19-9-7-12)16-15(11-13)17(18)21-20-16/h4-11H,2-3H2,1H3,(H3,18,20,21). The molecule has 0 aliphatic heterocycles. The molecule has 0 spiro atoms. The van der Waals surface area contributed by atoms with Crippen molar-refractivity contribution in [2.75, 3.05) is 5.73 Å². The zero-order chi connectivity index (χ0) is 14.7. The van der Waals surface area contributed by atoms with E-state index in [1.54, 1.807) is 12.4 Å². The minimum atomic E-state index is 0.557. The molecule has 4 heteroatoms. The predicted molar refractivity (Wildman–Crippen MR) is 87.7 cm³/mol. The zero-order valence-electron chi connectivity index (χ0n) is 12.0. The highest BCUT2D eigenvalue weighted by Crippen LogP contribution is 2.25. The van der Waals surface area contributed by atoms with Crippen LogP contribution in [0, 0.1) is 0 Å². The summed E-state index contributed by atoms with van der Waals surface area (Å²) in [5, 5.41) is 8.14. The maximum Gasteiger partial charge on any atom is 0.153 e. The molecule has 3 rings (SSSR count). The highest BCUT2D eigenvalue weighted by Gasteiger charge is 2.07. The third kappa shape index (κ3) is 2.79. The number of fused-ring (bicyclic) bond motifs is 1. The van der Waals surface area contributed by atoms with E-state index in [4.69, 9.17) is 5.73 Å². The van der Waals surface area contributed by atoms with Crippen molar-refractivity contribution in [3.8, 4) is 0 Å². The summed E-state index contributed by atoms with van der Waals surface area (Å²) in [5.41, 5.74) is 10.4. The maximum absolute atomic E-state index is 5.94. The lowest BCUT2D eigenvalue weighted by atomic mass is 10.0. The molecule has 0 fully saturated rings. The summed E-state index contributed by atoms with van der Waals surface area (Å²) < 4.78 is 0. The van der Waals surface area contributed by atoms with Crippen molar-refractivity contribution in [2.24, 2.45) is 0 Å². The van der Waals surface area contributed by atoms with Crippen molar-refractivity contribution < 1.29 is 0 Å². The fourth-order valence-electron chi connectivity index (χ4n) is 2.45. The second-order valence-electron chi connectivity index (χ2n) is 5.08. The number of nitrogens with two attached hydrogens (primary N) is 1. The van der Waals surface area contributed by atoms with Gasteiger partial charge in [-0.3, -0.25) is 10.1 Å². The summed E-state index contributed by atoms with van der Waals surface area (Å²) in [4.78, 5) is 4.03. The van der Waals surface area contributed by atoms with Gasteiger partial charge in [0.2, 0.25) is 0 Å². The number of aryl methyl sites for hydroxylation is 1. The van der Waals surface area contributed by atoms with E-state index in [1.165, 1.54) is 5.56 Å². The first-order chi connectivity index (χ1) is 10.3. The van der Waals surface area contributed by atoms with Gasteiger partial charge >= 0.3 is 0 Å². The lowest BCUT2D eigenvalue weighted by molar-refractivity contribution is 0.923. The highest BCUT2D eigenvalue weighted by molar-refractivity contribution is 5.96. The van der Waals surface area contributed by atoms with Crippen LogP contribution < -0.4 is 5.73 Å². The number of pyridine rings is 1. The van der Waals surface area contributed by atoms with Gasteiger partial charge < -0.3 is 5.73 Å². The number of nitrogens with zero attached hydrogens (tertiary/aromatic N) is 2. The van der Waals surface area contributed by atoms with Crippen molar-refractivity contribution in [3.63, 3.8) is 0 Å². The predicted octanol–water partition coefficient (Wildman–Crippen LogP) is 3.66. The van der Waals surface area contributed by atoms with Gasteiger partial charge in [0.25, 0.3) is 0 Å².